The van der Waals surface area contributed by atoms with Crippen molar-refractivity contribution in [1.29, 1.82) is 0 Å². The first kappa shape index (κ1) is 20.9. The highest BCUT2D eigenvalue weighted by Gasteiger charge is 2.16. The lowest BCUT2D eigenvalue weighted by Gasteiger charge is -2.29. The van der Waals surface area contributed by atoms with E-state index in [2.05, 4.69) is 56.7 Å². The standard InChI is InChI=1S/C22H31N5O2/c1-4-29-20-14-17(2)7-8-18(20)15-25-22(23-3)26-16-19-6-5-9-24-21(19)27-10-12-28-13-11-27/h5-9,14H,4,10-13,15-16H2,1-3H3,(H2,23,25,26). The normalized spacial score (nSPS) is 14.6. The second kappa shape index (κ2) is 10.7. The number of anilines is 1. The van der Waals surface area contributed by atoms with Crippen molar-refractivity contribution in [3.63, 3.8) is 0 Å². The fourth-order valence-corrected chi connectivity index (χ4v) is 3.30. The van der Waals surface area contributed by atoms with Crippen molar-refractivity contribution in [2.45, 2.75) is 26.9 Å². The first-order chi connectivity index (χ1) is 14.2. The molecule has 1 fully saturated rings. The first-order valence-electron chi connectivity index (χ1n) is 10.1. The fourth-order valence-electron chi connectivity index (χ4n) is 3.30. The minimum absolute atomic E-state index is 0.638. The molecule has 2 aromatic rings. The monoisotopic (exact) mass is 397 g/mol. The number of nitrogens with one attached hydrogen (secondary N) is 2. The molecule has 1 aromatic heterocycles. The Morgan fingerprint density at radius 3 is 2.66 bits per heavy atom. The molecule has 7 heteroatoms. The zero-order chi connectivity index (χ0) is 20.5. The number of aromatic nitrogens is 1. The molecule has 0 amide bonds. The molecule has 1 aliphatic heterocycles. The van der Waals surface area contributed by atoms with E-state index in [-0.39, 0.29) is 0 Å². The van der Waals surface area contributed by atoms with E-state index in [9.17, 15) is 0 Å². The number of hydrogen-bond donors (Lipinski definition) is 2. The van der Waals surface area contributed by atoms with E-state index in [4.69, 9.17) is 9.47 Å². The van der Waals surface area contributed by atoms with Crippen LogP contribution in [0.4, 0.5) is 5.82 Å². The van der Waals surface area contributed by atoms with Gasteiger partial charge in [-0.2, -0.15) is 0 Å². The summed E-state index contributed by atoms with van der Waals surface area (Å²) in [5.41, 5.74) is 3.44. The molecule has 0 bridgehead atoms. The van der Waals surface area contributed by atoms with Gasteiger partial charge in [0.15, 0.2) is 5.96 Å². The summed E-state index contributed by atoms with van der Waals surface area (Å²) in [6.07, 6.45) is 1.84. The van der Waals surface area contributed by atoms with Crippen molar-refractivity contribution < 1.29 is 9.47 Å². The van der Waals surface area contributed by atoms with Gasteiger partial charge in [-0.25, -0.2) is 4.98 Å². The predicted octanol–water partition coefficient (Wildman–Crippen LogP) is 2.49. The summed E-state index contributed by atoms with van der Waals surface area (Å²) in [6, 6.07) is 10.3. The number of rotatable bonds is 7. The second-order valence-electron chi connectivity index (χ2n) is 6.91. The van der Waals surface area contributed by atoms with E-state index in [0.29, 0.717) is 19.7 Å². The lowest BCUT2D eigenvalue weighted by Crippen LogP contribution is -2.39. The van der Waals surface area contributed by atoms with Crippen LogP contribution in [0.1, 0.15) is 23.6 Å². The van der Waals surface area contributed by atoms with Crippen LogP contribution in [-0.4, -0.2) is 50.9 Å². The molecule has 2 N–H and O–H groups in total. The Bertz CT molecular complexity index is 819. The summed E-state index contributed by atoms with van der Waals surface area (Å²) in [6.45, 7) is 9.21. The number of nitrogens with zero attached hydrogens (tertiary/aromatic N) is 3. The molecule has 0 spiro atoms. The number of ether oxygens (including phenoxy) is 2. The molecule has 0 unspecified atom stereocenters. The molecular formula is C22H31N5O2. The lowest BCUT2D eigenvalue weighted by molar-refractivity contribution is 0.122. The van der Waals surface area contributed by atoms with Gasteiger partial charge < -0.3 is 25.0 Å². The minimum atomic E-state index is 0.638. The molecular weight excluding hydrogens is 366 g/mol. The minimum Gasteiger partial charge on any atom is -0.494 e. The SMILES string of the molecule is CCOc1cc(C)ccc1CNC(=NC)NCc1cccnc1N1CCOCC1. The van der Waals surface area contributed by atoms with Crippen LogP contribution in [0.3, 0.4) is 0 Å². The van der Waals surface area contributed by atoms with E-state index in [1.165, 1.54) is 5.56 Å². The Balaban J connectivity index is 1.61. The van der Waals surface area contributed by atoms with Crippen LogP contribution in [0.25, 0.3) is 0 Å². The Morgan fingerprint density at radius 2 is 1.93 bits per heavy atom. The molecule has 156 valence electrons. The first-order valence-corrected chi connectivity index (χ1v) is 10.1. The Morgan fingerprint density at radius 1 is 1.17 bits per heavy atom. The number of aliphatic imine (C=N–C) groups is 1. The van der Waals surface area contributed by atoms with Crippen LogP contribution in [0.2, 0.25) is 0 Å². The third-order valence-corrected chi connectivity index (χ3v) is 4.82. The molecule has 29 heavy (non-hydrogen) atoms. The van der Waals surface area contributed by atoms with Crippen LogP contribution in [0, 0.1) is 6.92 Å². The maximum absolute atomic E-state index is 5.77. The summed E-state index contributed by atoms with van der Waals surface area (Å²) >= 11 is 0. The smallest absolute Gasteiger partial charge is 0.191 e. The van der Waals surface area contributed by atoms with Gasteiger partial charge in [0.25, 0.3) is 0 Å². The zero-order valence-electron chi connectivity index (χ0n) is 17.6. The average molecular weight is 398 g/mol. The average Bonchev–Trinajstić information content (AvgIpc) is 2.76. The molecule has 1 saturated heterocycles. The van der Waals surface area contributed by atoms with Gasteiger partial charge in [-0.1, -0.05) is 18.2 Å². The molecule has 3 rings (SSSR count). The molecule has 0 atom stereocenters. The van der Waals surface area contributed by atoms with Crippen LogP contribution in [0.15, 0.2) is 41.5 Å². The molecule has 1 aliphatic rings. The topological polar surface area (TPSA) is 71.0 Å². The highest BCUT2D eigenvalue weighted by molar-refractivity contribution is 5.79. The third-order valence-electron chi connectivity index (χ3n) is 4.82. The van der Waals surface area contributed by atoms with E-state index in [0.717, 1.165) is 55.0 Å². The number of aryl methyl sites for hydroxylation is 1. The highest BCUT2D eigenvalue weighted by atomic mass is 16.5. The van der Waals surface area contributed by atoms with Crippen molar-refractivity contribution in [3.8, 4) is 5.75 Å². The van der Waals surface area contributed by atoms with Crippen molar-refractivity contribution in [2.24, 2.45) is 4.99 Å². The molecule has 1 aromatic carbocycles. The van der Waals surface area contributed by atoms with Crippen molar-refractivity contribution in [2.75, 3.05) is 44.9 Å². The van der Waals surface area contributed by atoms with E-state index >= 15 is 0 Å². The fraction of sp³-hybridized carbons (Fsp3) is 0.455. The summed E-state index contributed by atoms with van der Waals surface area (Å²) in [5.74, 6) is 2.66. The van der Waals surface area contributed by atoms with Crippen LogP contribution < -0.4 is 20.3 Å². The van der Waals surface area contributed by atoms with E-state index in [1.807, 2.05) is 19.2 Å². The third kappa shape index (κ3) is 5.84. The number of hydrogen-bond acceptors (Lipinski definition) is 5. The van der Waals surface area contributed by atoms with Gasteiger partial charge in [-0.15, -0.1) is 0 Å². The van der Waals surface area contributed by atoms with Crippen molar-refractivity contribution in [3.05, 3.63) is 53.2 Å². The molecule has 2 heterocycles. The summed E-state index contributed by atoms with van der Waals surface area (Å²) in [4.78, 5) is 11.2. The summed E-state index contributed by atoms with van der Waals surface area (Å²) in [7, 11) is 1.78. The van der Waals surface area contributed by atoms with Gasteiger partial charge in [0.05, 0.1) is 19.8 Å². The van der Waals surface area contributed by atoms with Gasteiger partial charge in [0, 0.05) is 50.6 Å². The Labute approximate surface area is 173 Å². The summed E-state index contributed by atoms with van der Waals surface area (Å²) < 4.78 is 11.2. The Kier molecular flexibility index (Phi) is 7.69. The van der Waals surface area contributed by atoms with Gasteiger partial charge >= 0.3 is 0 Å². The van der Waals surface area contributed by atoms with Crippen molar-refractivity contribution in [1.82, 2.24) is 15.6 Å². The molecule has 0 aliphatic carbocycles. The maximum atomic E-state index is 5.77. The van der Waals surface area contributed by atoms with Crippen LogP contribution in [-0.2, 0) is 17.8 Å². The number of morpholine rings is 1. The Hall–Kier alpha value is -2.80. The predicted molar refractivity (Wildman–Crippen MR) is 117 cm³/mol. The quantitative estimate of drug-likeness (QED) is 0.553. The van der Waals surface area contributed by atoms with Crippen LogP contribution >= 0.6 is 0 Å². The van der Waals surface area contributed by atoms with Gasteiger partial charge in [-0.05, 0) is 31.5 Å². The maximum Gasteiger partial charge on any atom is 0.191 e. The molecule has 0 saturated carbocycles. The van der Waals surface area contributed by atoms with Crippen molar-refractivity contribution >= 4 is 11.8 Å². The summed E-state index contributed by atoms with van der Waals surface area (Å²) in [5, 5.41) is 6.78. The second-order valence-corrected chi connectivity index (χ2v) is 6.91. The van der Waals surface area contributed by atoms with Crippen LogP contribution in [0.5, 0.6) is 5.75 Å². The van der Waals surface area contributed by atoms with Gasteiger partial charge in [0.2, 0.25) is 0 Å². The number of benzene rings is 1. The molecule has 0 radical (unpaired) electrons. The van der Waals surface area contributed by atoms with Gasteiger partial charge in [-0.3, -0.25) is 4.99 Å². The zero-order valence-corrected chi connectivity index (χ0v) is 17.6. The van der Waals surface area contributed by atoms with Gasteiger partial charge in [0.1, 0.15) is 11.6 Å². The highest BCUT2D eigenvalue weighted by Crippen LogP contribution is 2.20. The molecule has 7 nitrogen and oxygen atoms in total. The number of guanidine groups is 1. The largest absolute Gasteiger partial charge is 0.494 e. The lowest BCUT2D eigenvalue weighted by atomic mass is 10.1. The van der Waals surface area contributed by atoms with E-state index in [1.54, 1.807) is 7.05 Å². The van der Waals surface area contributed by atoms with E-state index < -0.39 is 0 Å². The number of pyridine rings is 1.